The molecule has 0 N–H and O–H groups in total. The van der Waals surface area contributed by atoms with Gasteiger partial charge in [0.15, 0.2) is 0 Å². The van der Waals surface area contributed by atoms with E-state index < -0.39 is 0 Å². The lowest BCUT2D eigenvalue weighted by Gasteiger charge is -2.32. The van der Waals surface area contributed by atoms with E-state index >= 15 is 0 Å². The van der Waals surface area contributed by atoms with Gasteiger partial charge in [0.1, 0.15) is 5.76 Å². The summed E-state index contributed by atoms with van der Waals surface area (Å²) < 4.78 is 5.29. The molecule has 0 bridgehead atoms. The third-order valence-corrected chi connectivity index (χ3v) is 6.31. The van der Waals surface area contributed by atoms with Crippen LogP contribution in [-0.4, -0.2) is 29.1 Å². The van der Waals surface area contributed by atoms with Gasteiger partial charge in [-0.1, -0.05) is 47.6 Å². The van der Waals surface area contributed by atoms with E-state index in [4.69, 9.17) is 4.52 Å². The van der Waals surface area contributed by atoms with Gasteiger partial charge in [-0.3, -0.25) is 4.79 Å². The zero-order valence-electron chi connectivity index (χ0n) is 16.0. The third-order valence-electron chi connectivity index (χ3n) is 5.22. The zero-order valence-corrected chi connectivity index (χ0v) is 16.8. The van der Waals surface area contributed by atoms with Gasteiger partial charge in [0.05, 0.1) is 17.0 Å². The number of nitrogens with zero attached hydrogens (tertiary/aromatic N) is 2. The lowest BCUT2D eigenvalue weighted by Crippen LogP contribution is -2.38. The Hall–Kier alpha value is -2.53. The van der Waals surface area contributed by atoms with E-state index in [1.165, 1.54) is 5.56 Å². The number of carbonyl (C=O) groups excluding carboxylic acids is 1. The van der Waals surface area contributed by atoms with E-state index in [-0.39, 0.29) is 5.91 Å². The fourth-order valence-electron chi connectivity index (χ4n) is 3.71. The highest BCUT2D eigenvalue weighted by atomic mass is 32.2. The van der Waals surface area contributed by atoms with Crippen LogP contribution in [0.5, 0.6) is 0 Å². The summed E-state index contributed by atoms with van der Waals surface area (Å²) in [5.41, 5.74) is 3.04. The number of likely N-dealkylation sites (tertiary alicyclic amines) is 1. The van der Waals surface area contributed by atoms with Crippen LogP contribution in [0.1, 0.15) is 46.1 Å². The minimum atomic E-state index is 0.128. The van der Waals surface area contributed by atoms with Crippen LogP contribution in [0.3, 0.4) is 0 Å². The smallest absolute Gasteiger partial charge is 0.254 e. The van der Waals surface area contributed by atoms with Gasteiger partial charge in [-0.05, 0) is 43.4 Å². The summed E-state index contributed by atoms with van der Waals surface area (Å²) in [5, 5.41) is 3.93. The molecule has 2 heterocycles. The van der Waals surface area contributed by atoms with Gasteiger partial charge in [0.25, 0.3) is 5.91 Å². The average Bonchev–Trinajstić information content (AvgIpc) is 3.18. The molecule has 2 aromatic carbocycles. The summed E-state index contributed by atoms with van der Waals surface area (Å²) >= 11 is 1.62. The number of hydrogen-bond acceptors (Lipinski definition) is 4. The SMILES string of the molecule is Cc1cc(CSc2ccccc2C(=O)N2CCC(c3ccccc3)CC2)on1. The van der Waals surface area contributed by atoms with Crippen LogP contribution in [0.2, 0.25) is 0 Å². The van der Waals surface area contributed by atoms with Crippen LogP contribution in [0.15, 0.2) is 70.1 Å². The minimum absolute atomic E-state index is 0.128. The van der Waals surface area contributed by atoms with Crippen molar-refractivity contribution in [3.05, 3.63) is 83.2 Å². The lowest BCUT2D eigenvalue weighted by atomic mass is 9.89. The third kappa shape index (κ3) is 4.30. The number of aryl methyl sites for hydroxylation is 1. The molecule has 3 aromatic rings. The standard InChI is InChI=1S/C23H24N2O2S/c1-17-15-20(27-24-17)16-28-22-10-6-5-9-21(22)23(26)25-13-11-19(12-14-25)18-7-3-2-4-8-18/h2-10,15,19H,11-14,16H2,1H3. The Kier molecular flexibility index (Phi) is 5.81. The fourth-order valence-corrected chi connectivity index (χ4v) is 4.63. The zero-order chi connectivity index (χ0) is 19.3. The van der Waals surface area contributed by atoms with Crippen molar-refractivity contribution in [2.24, 2.45) is 0 Å². The van der Waals surface area contributed by atoms with Crippen molar-refractivity contribution in [2.45, 2.75) is 36.3 Å². The first-order valence-corrected chi connectivity index (χ1v) is 10.7. The maximum Gasteiger partial charge on any atom is 0.254 e. The van der Waals surface area contributed by atoms with E-state index in [1.54, 1.807) is 11.8 Å². The topological polar surface area (TPSA) is 46.3 Å². The second-order valence-electron chi connectivity index (χ2n) is 7.20. The molecule has 144 valence electrons. The molecule has 1 aromatic heterocycles. The predicted molar refractivity (Wildman–Crippen MR) is 112 cm³/mol. The molecule has 4 rings (SSSR count). The Labute approximate surface area is 169 Å². The maximum absolute atomic E-state index is 13.2. The van der Waals surface area contributed by atoms with Gasteiger partial charge < -0.3 is 9.42 Å². The Morgan fingerprint density at radius 2 is 1.82 bits per heavy atom. The van der Waals surface area contributed by atoms with Crippen LogP contribution in [0.25, 0.3) is 0 Å². The fraction of sp³-hybridized carbons (Fsp3) is 0.304. The van der Waals surface area contributed by atoms with E-state index in [0.29, 0.717) is 11.7 Å². The van der Waals surface area contributed by atoms with Gasteiger partial charge in [-0.25, -0.2) is 0 Å². The molecule has 1 amide bonds. The molecule has 0 spiro atoms. The van der Waals surface area contributed by atoms with Crippen molar-refractivity contribution in [3.63, 3.8) is 0 Å². The van der Waals surface area contributed by atoms with Gasteiger partial charge >= 0.3 is 0 Å². The molecule has 1 aliphatic heterocycles. The van der Waals surface area contributed by atoms with Gasteiger partial charge in [0.2, 0.25) is 0 Å². The van der Waals surface area contributed by atoms with Gasteiger partial charge in [-0.2, -0.15) is 0 Å². The molecule has 1 saturated heterocycles. The molecule has 0 aliphatic carbocycles. The van der Waals surface area contributed by atoms with Crippen molar-refractivity contribution in [1.82, 2.24) is 10.1 Å². The van der Waals surface area contributed by atoms with Crippen LogP contribution in [-0.2, 0) is 5.75 Å². The Morgan fingerprint density at radius 3 is 2.54 bits per heavy atom. The first-order chi connectivity index (χ1) is 13.7. The van der Waals surface area contributed by atoms with E-state index in [9.17, 15) is 4.79 Å². The van der Waals surface area contributed by atoms with Gasteiger partial charge in [0, 0.05) is 24.1 Å². The Morgan fingerprint density at radius 1 is 1.11 bits per heavy atom. The Balaban J connectivity index is 1.41. The van der Waals surface area contributed by atoms with Crippen LogP contribution < -0.4 is 0 Å². The monoisotopic (exact) mass is 392 g/mol. The van der Waals surface area contributed by atoms with Crippen molar-refractivity contribution in [3.8, 4) is 0 Å². The molecule has 0 saturated carbocycles. The number of thioether (sulfide) groups is 1. The molecule has 0 atom stereocenters. The molecule has 4 nitrogen and oxygen atoms in total. The molecule has 28 heavy (non-hydrogen) atoms. The number of rotatable bonds is 5. The molecular weight excluding hydrogens is 368 g/mol. The van der Waals surface area contributed by atoms with Crippen LogP contribution in [0.4, 0.5) is 0 Å². The van der Waals surface area contributed by atoms with Crippen molar-refractivity contribution >= 4 is 17.7 Å². The maximum atomic E-state index is 13.2. The largest absolute Gasteiger partial charge is 0.360 e. The summed E-state index contributed by atoms with van der Waals surface area (Å²) in [5.74, 6) is 2.17. The minimum Gasteiger partial charge on any atom is -0.360 e. The molecule has 1 aliphatic rings. The molecule has 1 fully saturated rings. The number of hydrogen-bond donors (Lipinski definition) is 0. The first-order valence-electron chi connectivity index (χ1n) is 9.69. The average molecular weight is 393 g/mol. The van der Waals surface area contributed by atoms with E-state index in [2.05, 4.69) is 35.5 Å². The normalized spacial score (nSPS) is 15.0. The van der Waals surface area contributed by atoms with E-state index in [1.807, 2.05) is 42.2 Å². The quantitative estimate of drug-likeness (QED) is 0.553. The molecular formula is C23H24N2O2S. The van der Waals surface area contributed by atoms with Crippen molar-refractivity contribution < 1.29 is 9.32 Å². The number of aromatic nitrogens is 1. The molecule has 0 unspecified atom stereocenters. The number of carbonyl (C=O) groups is 1. The lowest BCUT2D eigenvalue weighted by molar-refractivity contribution is 0.0709. The predicted octanol–water partition coefficient (Wildman–Crippen LogP) is 5.30. The van der Waals surface area contributed by atoms with Crippen LogP contribution >= 0.6 is 11.8 Å². The second-order valence-corrected chi connectivity index (χ2v) is 8.21. The van der Waals surface area contributed by atoms with Gasteiger partial charge in [-0.15, -0.1) is 11.8 Å². The van der Waals surface area contributed by atoms with E-state index in [0.717, 1.165) is 47.8 Å². The van der Waals surface area contributed by atoms with Crippen LogP contribution in [0, 0.1) is 6.92 Å². The summed E-state index contributed by atoms with van der Waals surface area (Å²) in [7, 11) is 0. The summed E-state index contributed by atoms with van der Waals surface area (Å²) in [4.78, 5) is 16.1. The highest BCUT2D eigenvalue weighted by Gasteiger charge is 2.25. The molecule has 5 heteroatoms. The highest BCUT2D eigenvalue weighted by molar-refractivity contribution is 7.98. The summed E-state index contributed by atoms with van der Waals surface area (Å²) in [6.45, 7) is 3.52. The highest BCUT2D eigenvalue weighted by Crippen LogP contribution is 2.31. The number of piperidine rings is 1. The second kappa shape index (κ2) is 8.65. The first kappa shape index (κ1) is 18.8. The summed E-state index contributed by atoms with van der Waals surface area (Å²) in [6.07, 6.45) is 2.03. The van der Waals surface area contributed by atoms with Crippen molar-refractivity contribution in [2.75, 3.05) is 13.1 Å². The molecule has 0 radical (unpaired) electrons. The van der Waals surface area contributed by atoms with Crippen molar-refractivity contribution in [1.29, 1.82) is 0 Å². The Bertz CT molecular complexity index is 931. The summed E-state index contributed by atoms with van der Waals surface area (Å²) in [6, 6.07) is 20.4. The number of benzene rings is 2. The number of amides is 1.